The molecule has 208 valence electrons. The Hall–Kier alpha value is -2.06. The van der Waals surface area contributed by atoms with Gasteiger partial charge in [0.1, 0.15) is 6.61 Å². The minimum atomic E-state index is -2.13. The summed E-state index contributed by atoms with van der Waals surface area (Å²) in [4.78, 5) is 15.7. The van der Waals surface area contributed by atoms with E-state index in [1.807, 2.05) is 43.3 Å². The minimum absolute atomic E-state index is 0.0185. The van der Waals surface area contributed by atoms with Gasteiger partial charge >= 0.3 is 0 Å². The summed E-state index contributed by atoms with van der Waals surface area (Å²) >= 11 is 5.50. The van der Waals surface area contributed by atoms with Crippen molar-refractivity contribution in [3.05, 3.63) is 71.8 Å². The van der Waals surface area contributed by atoms with Crippen LogP contribution in [0.3, 0.4) is 0 Å². The molecular formula is C31H45NO4SSi. The molecule has 7 heteroatoms. The van der Waals surface area contributed by atoms with Gasteiger partial charge in [0.25, 0.3) is 5.17 Å². The van der Waals surface area contributed by atoms with Crippen LogP contribution in [-0.2, 0) is 31.7 Å². The van der Waals surface area contributed by atoms with Crippen molar-refractivity contribution in [2.24, 2.45) is 5.92 Å². The molecular weight excluding hydrogens is 510 g/mol. The second-order valence-corrected chi connectivity index (χ2v) is 17.1. The van der Waals surface area contributed by atoms with Crippen LogP contribution in [0.2, 0.25) is 18.1 Å². The van der Waals surface area contributed by atoms with Crippen molar-refractivity contribution in [2.75, 3.05) is 6.61 Å². The van der Waals surface area contributed by atoms with Crippen LogP contribution in [0, 0.1) is 5.92 Å². The van der Waals surface area contributed by atoms with Crippen molar-refractivity contribution in [2.45, 2.75) is 96.9 Å². The van der Waals surface area contributed by atoms with Gasteiger partial charge in [0.15, 0.2) is 8.32 Å². The summed E-state index contributed by atoms with van der Waals surface area (Å²) < 4.78 is 18.7. The summed E-state index contributed by atoms with van der Waals surface area (Å²) in [5, 5.41) is 0.305. The number of hydrogen-bond acceptors (Lipinski definition) is 5. The maximum atomic E-state index is 14.0. The molecule has 1 saturated heterocycles. The Morgan fingerprint density at radius 1 is 1.03 bits per heavy atom. The monoisotopic (exact) mass is 555 g/mol. The third-order valence-corrected chi connectivity index (χ3v) is 12.8. The SMILES string of the molecule is C[C@H](CC[C@@H](O[Si](C)(C)C(C)(C)C)[C@H](C)C(=O)N1C(=S)OC[C@@H]1Cc1ccccc1)OCc1ccccc1. The summed E-state index contributed by atoms with van der Waals surface area (Å²) in [6.07, 6.45) is 2.06. The van der Waals surface area contributed by atoms with Gasteiger partial charge < -0.3 is 13.9 Å². The van der Waals surface area contributed by atoms with Crippen LogP contribution in [0.4, 0.5) is 0 Å². The van der Waals surface area contributed by atoms with Gasteiger partial charge in [0.2, 0.25) is 5.91 Å². The maximum Gasteiger partial charge on any atom is 0.266 e. The molecule has 1 aliphatic heterocycles. The van der Waals surface area contributed by atoms with E-state index in [4.69, 9.17) is 26.1 Å². The highest BCUT2D eigenvalue weighted by Gasteiger charge is 2.44. The van der Waals surface area contributed by atoms with Crippen LogP contribution in [-0.4, -0.2) is 49.2 Å². The van der Waals surface area contributed by atoms with Gasteiger partial charge in [0.05, 0.1) is 30.8 Å². The standard InChI is InChI=1S/C31H45NO4SSi/c1-23(34-21-26-16-12-9-13-17-26)18-19-28(36-38(6,7)31(3,4)5)24(2)29(33)32-27(22-35-30(32)37)20-25-14-10-8-11-15-25/h8-17,23-24,27-28H,18-22H2,1-7H3/t23-,24+,27+,28-/m1/s1. The van der Waals surface area contributed by atoms with Crippen molar-refractivity contribution < 1.29 is 18.7 Å². The maximum absolute atomic E-state index is 14.0. The zero-order chi connectivity index (χ0) is 27.9. The summed E-state index contributed by atoms with van der Waals surface area (Å²) in [5.74, 6) is -0.377. The quantitative estimate of drug-likeness (QED) is 0.206. The largest absolute Gasteiger partial charge is 0.468 e. The normalized spacial score (nSPS) is 18.7. The van der Waals surface area contributed by atoms with Crippen LogP contribution in [0.1, 0.15) is 58.6 Å². The molecule has 1 heterocycles. The second-order valence-electron chi connectivity index (χ2n) is 12.0. The van der Waals surface area contributed by atoms with Gasteiger partial charge in [-0.25, -0.2) is 0 Å². The Morgan fingerprint density at radius 3 is 2.18 bits per heavy atom. The molecule has 3 rings (SSSR count). The first-order chi connectivity index (χ1) is 17.9. The van der Waals surface area contributed by atoms with E-state index in [1.54, 1.807) is 4.90 Å². The van der Waals surface area contributed by atoms with Crippen molar-refractivity contribution >= 4 is 31.6 Å². The van der Waals surface area contributed by atoms with E-state index in [2.05, 4.69) is 65.1 Å². The molecule has 0 radical (unpaired) electrons. The molecule has 5 nitrogen and oxygen atoms in total. The van der Waals surface area contributed by atoms with E-state index < -0.39 is 8.32 Å². The summed E-state index contributed by atoms with van der Waals surface area (Å²) in [5.41, 5.74) is 2.32. The van der Waals surface area contributed by atoms with Crippen LogP contribution >= 0.6 is 12.2 Å². The second kappa shape index (κ2) is 13.3. The van der Waals surface area contributed by atoms with Gasteiger partial charge in [-0.05, 0) is 67.7 Å². The first-order valence-corrected chi connectivity index (χ1v) is 17.1. The number of carbonyl (C=O) groups is 1. The zero-order valence-corrected chi connectivity index (χ0v) is 25.9. The van der Waals surface area contributed by atoms with Gasteiger partial charge in [-0.3, -0.25) is 9.69 Å². The fraction of sp³-hybridized carbons (Fsp3) is 0.548. The van der Waals surface area contributed by atoms with Crippen molar-refractivity contribution in [3.63, 3.8) is 0 Å². The molecule has 0 spiro atoms. The number of rotatable bonds is 12. The fourth-order valence-electron chi connectivity index (χ4n) is 4.41. The highest BCUT2D eigenvalue weighted by atomic mass is 32.1. The van der Waals surface area contributed by atoms with Gasteiger partial charge in [-0.2, -0.15) is 0 Å². The number of ether oxygens (including phenoxy) is 2. The van der Waals surface area contributed by atoms with Crippen molar-refractivity contribution in [3.8, 4) is 0 Å². The Bertz CT molecular complexity index is 1040. The molecule has 38 heavy (non-hydrogen) atoms. The molecule has 0 aromatic heterocycles. The smallest absolute Gasteiger partial charge is 0.266 e. The molecule has 1 amide bonds. The van der Waals surface area contributed by atoms with E-state index in [0.29, 0.717) is 19.6 Å². The van der Waals surface area contributed by atoms with Crippen molar-refractivity contribution in [1.29, 1.82) is 0 Å². The molecule has 1 fully saturated rings. The van der Waals surface area contributed by atoms with Crippen LogP contribution in [0.5, 0.6) is 0 Å². The molecule has 1 aliphatic rings. The average molecular weight is 556 g/mol. The lowest BCUT2D eigenvalue weighted by atomic mass is 9.96. The van der Waals surface area contributed by atoms with E-state index >= 15 is 0 Å². The lowest BCUT2D eigenvalue weighted by molar-refractivity contribution is -0.135. The molecule has 0 aliphatic carbocycles. The lowest BCUT2D eigenvalue weighted by Crippen LogP contribution is -2.50. The molecule has 4 atom stereocenters. The Kier molecular flexibility index (Phi) is 10.7. The number of hydrogen-bond donors (Lipinski definition) is 0. The highest BCUT2D eigenvalue weighted by Crippen LogP contribution is 2.39. The number of amides is 1. The molecule has 0 N–H and O–H groups in total. The average Bonchev–Trinajstić information content (AvgIpc) is 3.24. The van der Waals surface area contributed by atoms with Crippen LogP contribution < -0.4 is 0 Å². The van der Waals surface area contributed by atoms with E-state index in [0.717, 1.165) is 24.0 Å². The van der Waals surface area contributed by atoms with E-state index in [-0.39, 0.29) is 40.3 Å². The Morgan fingerprint density at radius 2 is 1.61 bits per heavy atom. The number of thiocarbonyl (C=S) groups is 1. The third kappa shape index (κ3) is 8.22. The topological polar surface area (TPSA) is 48.0 Å². The van der Waals surface area contributed by atoms with Gasteiger partial charge in [-0.15, -0.1) is 0 Å². The molecule has 0 saturated carbocycles. The number of benzene rings is 2. The summed E-state index contributed by atoms with van der Waals surface area (Å²) in [6, 6.07) is 20.3. The van der Waals surface area contributed by atoms with Crippen LogP contribution in [0.15, 0.2) is 60.7 Å². The number of nitrogens with zero attached hydrogens (tertiary/aromatic N) is 1. The molecule has 2 aromatic carbocycles. The fourth-order valence-corrected chi connectivity index (χ4v) is 6.15. The first-order valence-electron chi connectivity index (χ1n) is 13.8. The predicted octanol–water partition coefficient (Wildman–Crippen LogP) is 7.15. The Labute approximate surface area is 236 Å². The zero-order valence-electron chi connectivity index (χ0n) is 24.1. The number of carbonyl (C=O) groups excluding carboxylic acids is 1. The van der Waals surface area contributed by atoms with Crippen LogP contribution in [0.25, 0.3) is 0 Å². The van der Waals surface area contributed by atoms with E-state index in [9.17, 15) is 4.79 Å². The minimum Gasteiger partial charge on any atom is -0.468 e. The lowest BCUT2D eigenvalue weighted by Gasteiger charge is -2.41. The van der Waals surface area contributed by atoms with Gasteiger partial charge in [0, 0.05) is 0 Å². The summed E-state index contributed by atoms with van der Waals surface area (Å²) in [6.45, 7) is 16.3. The van der Waals surface area contributed by atoms with Gasteiger partial charge in [-0.1, -0.05) is 88.4 Å². The highest BCUT2D eigenvalue weighted by molar-refractivity contribution is 7.80. The molecule has 0 bridgehead atoms. The Balaban J connectivity index is 1.72. The van der Waals surface area contributed by atoms with Crippen molar-refractivity contribution in [1.82, 2.24) is 4.90 Å². The first kappa shape index (κ1) is 30.5. The summed E-state index contributed by atoms with van der Waals surface area (Å²) in [7, 11) is -2.13. The molecule has 2 aromatic rings. The van der Waals surface area contributed by atoms with E-state index in [1.165, 1.54) is 0 Å². The predicted molar refractivity (Wildman–Crippen MR) is 160 cm³/mol. The third-order valence-electron chi connectivity index (χ3n) is 7.95. The molecule has 0 unspecified atom stereocenters.